The number of benzene rings is 3. The molecule has 3 aromatic rings. The van der Waals surface area contributed by atoms with Gasteiger partial charge < -0.3 is 9.47 Å². The molecule has 0 unspecified atom stereocenters. The van der Waals surface area contributed by atoms with Gasteiger partial charge in [0.25, 0.3) is 10.1 Å². The molecule has 0 aliphatic carbocycles. The van der Waals surface area contributed by atoms with Gasteiger partial charge in [0.2, 0.25) is 0 Å². The number of carbonyl (C=O) groups excluding carboxylic acids is 2. The molecule has 0 saturated heterocycles. The molecule has 3 rings (SSSR count). The summed E-state index contributed by atoms with van der Waals surface area (Å²) in [5.74, 6) is -0.875. The molecule has 0 atom stereocenters. The van der Waals surface area contributed by atoms with Gasteiger partial charge in [0.05, 0.1) is 18.2 Å². The van der Waals surface area contributed by atoms with Crippen molar-refractivity contribution in [2.45, 2.75) is 11.8 Å². The van der Waals surface area contributed by atoms with Crippen molar-refractivity contribution in [3.8, 4) is 16.9 Å². The first-order valence-electron chi connectivity index (χ1n) is 9.78. The largest absolute Gasteiger partial charge is 0.465 e. The van der Waals surface area contributed by atoms with Gasteiger partial charge in [-0.05, 0) is 60.5 Å². The van der Waals surface area contributed by atoms with Gasteiger partial charge in [0.1, 0.15) is 10.6 Å². The van der Waals surface area contributed by atoms with E-state index in [-0.39, 0.29) is 16.2 Å². The van der Waals surface area contributed by atoms with E-state index in [1.165, 1.54) is 49.6 Å². The molecule has 0 aromatic heterocycles. The zero-order valence-corrected chi connectivity index (χ0v) is 21.9. The van der Waals surface area contributed by atoms with Crippen molar-refractivity contribution in [3.63, 3.8) is 0 Å². The third kappa shape index (κ3) is 10.8. The Morgan fingerprint density at radius 2 is 1.18 bits per heavy atom. The number of hydrogen-bond acceptors (Lipinski definition) is 12. The van der Waals surface area contributed by atoms with E-state index in [0.29, 0.717) is 22.3 Å². The summed E-state index contributed by atoms with van der Waals surface area (Å²) in [7, 11) is -9.35. The first kappa shape index (κ1) is 31.8. The third-order valence-corrected chi connectivity index (χ3v) is 5.23. The Kier molecular flexibility index (Phi) is 12.1. The van der Waals surface area contributed by atoms with Crippen molar-refractivity contribution in [2.24, 2.45) is 0 Å². The van der Waals surface area contributed by atoms with Gasteiger partial charge in [-0.15, -0.1) is 25.3 Å². The number of aryl methyl sites for hydroxylation is 1. The SMILES string of the molecule is COC(=O)c1ccc(C(=O)Oc2ccc(-c3ccc(C)cc3S(=O)(=O)O)cc2)cc1.O=S(=O)=O.O=S(=O)=O. The van der Waals surface area contributed by atoms with E-state index in [0.717, 1.165) is 0 Å². The molecule has 0 spiro atoms. The fourth-order valence-corrected chi connectivity index (χ4v) is 3.61. The minimum Gasteiger partial charge on any atom is -0.465 e. The van der Waals surface area contributed by atoms with Gasteiger partial charge in [-0.1, -0.05) is 24.3 Å². The molecule has 0 bridgehead atoms. The summed E-state index contributed by atoms with van der Waals surface area (Å²) >= 11 is 0. The molecule has 0 aliphatic heterocycles. The van der Waals surface area contributed by atoms with Crippen LogP contribution in [0.4, 0.5) is 0 Å². The molecule has 0 saturated carbocycles. The van der Waals surface area contributed by atoms with Crippen LogP contribution in [0.2, 0.25) is 0 Å². The Hall–Kier alpha value is -4.25. The summed E-state index contributed by atoms with van der Waals surface area (Å²) < 4.78 is 93.5. The Morgan fingerprint density at radius 1 is 0.737 bits per heavy atom. The van der Waals surface area contributed by atoms with Gasteiger partial charge in [-0.3, -0.25) is 4.55 Å². The molecule has 0 amide bonds. The summed E-state index contributed by atoms with van der Waals surface area (Å²) in [5.41, 5.74) is 2.12. The fraction of sp³-hybridized carbons (Fsp3) is 0.0909. The van der Waals surface area contributed by atoms with Crippen molar-refractivity contribution in [1.29, 1.82) is 0 Å². The van der Waals surface area contributed by atoms with E-state index < -0.39 is 43.3 Å². The van der Waals surface area contributed by atoms with Gasteiger partial charge in [-0.25, -0.2) is 9.59 Å². The topological polar surface area (TPSA) is 209 Å². The average Bonchev–Trinajstić information content (AvgIpc) is 2.83. The predicted molar refractivity (Wildman–Crippen MR) is 129 cm³/mol. The minimum absolute atomic E-state index is 0.196. The quantitative estimate of drug-likeness (QED) is 0.257. The van der Waals surface area contributed by atoms with Crippen LogP contribution >= 0.6 is 0 Å². The molecule has 3 aromatic carbocycles. The summed E-state index contributed by atoms with van der Waals surface area (Å²) in [4.78, 5) is 23.5. The maximum Gasteiger partial charge on any atom is 0.425 e. The fourth-order valence-electron chi connectivity index (χ4n) is 2.81. The molecule has 0 aliphatic rings. The van der Waals surface area contributed by atoms with Crippen molar-refractivity contribution >= 4 is 43.3 Å². The van der Waals surface area contributed by atoms with E-state index in [1.807, 2.05) is 0 Å². The van der Waals surface area contributed by atoms with Crippen LogP contribution in [0.1, 0.15) is 26.3 Å². The highest BCUT2D eigenvalue weighted by Gasteiger charge is 2.17. The van der Waals surface area contributed by atoms with E-state index in [9.17, 15) is 22.6 Å². The molecule has 0 fully saturated rings. The van der Waals surface area contributed by atoms with Crippen LogP contribution in [-0.2, 0) is 36.1 Å². The molecular weight excluding hydrogens is 568 g/mol. The molecule has 16 heteroatoms. The first-order valence-corrected chi connectivity index (χ1v) is 13.2. The molecular formula is C22H18O13S3. The smallest absolute Gasteiger partial charge is 0.425 e. The maximum atomic E-state index is 12.3. The summed E-state index contributed by atoms with van der Waals surface area (Å²) in [6.45, 7) is 1.72. The van der Waals surface area contributed by atoms with Crippen molar-refractivity contribution < 1.29 is 57.3 Å². The van der Waals surface area contributed by atoms with Crippen LogP contribution in [0.3, 0.4) is 0 Å². The van der Waals surface area contributed by atoms with Crippen molar-refractivity contribution in [1.82, 2.24) is 0 Å². The number of rotatable bonds is 5. The highest BCUT2D eigenvalue weighted by molar-refractivity contribution is 7.86. The molecule has 0 heterocycles. The molecule has 1 N–H and O–H groups in total. The predicted octanol–water partition coefficient (Wildman–Crippen LogP) is 1.91. The van der Waals surface area contributed by atoms with Gasteiger partial charge >= 0.3 is 33.2 Å². The number of hydrogen-bond donors (Lipinski definition) is 1. The second-order valence-corrected chi connectivity index (χ2v) is 9.07. The maximum absolute atomic E-state index is 12.3. The van der Waals surface area contributed by atoms with Gasteiger partial charge in [0.15, 0.2) is 0 Å². The second kappa shape index (κ2) is 14.5. The lowest BCUT2D eigenvalue weighted by Gasteiger charge is -2.10. The molecule has 38 heavy (non-hydrogen) atoms. The van der Waals surface area contributed by atoms with Crippen molar-refractivity contribution in [2.75, 3.05) is 7.11 Å². The van der Waals surface area contributed by atoms with Crippen molar-refractivity contribution in [3.05, 3.63) is 83.4 Å². The van der Waals surface area contributed by atoms with Crippen LogP contribution < -0.4 is 4.74 Å². The Labute approximate surface area is 219 Å². The third-order valence-electron chi connectivity index (χ3n) is 4.33. The van der Waals surface area contributed by atoms with E-state index in [2.05, 4.69) is 4.74 Å². The molecule has 202 valence electrons. The lowest BCUT2D eigenvalue weighted by Crippen LogP contribution is -2.09. The monoisotopic (exact) mass is 586 g/mol. The van der Waals surface area contributed by atoms with E-state index in [1.54, 1.807) is 31.2 Å². The highest BCUT2D eigenvalue weighted by Crippen LogP contribution is 2.29. The van der Waals surface area contributed by atoms with Crippen LogP contribution in [0.15, 0.2) is 71.6 Å². The lowest BCUT2D eigenvalue weighted by atomic mass is 10.0. The van der Waals surface area contributed by atoms with E-state index >= 15 is 0 Å². The second-order valence-electron chi connectivity index (χ2n) is 6.87. The van der Waals surface area contributed by atoms with Crippen LogP contribution in [0.25, 0.3) is 11.1 Å². The first-order chi connectivity index (χ1) is 17.6. The summed E-state index contributed by atoms with van der Waals surface area (Å²) in [6.07, 6.45) is 0. The normalized spacial score (nSPS) is 9.97. The Morgan fingerprint density at radius 3 is 1.61 bits per heavy atom. The zero-order valence-electron chi connectivity index (χ0n) is 19.4. The zero-order chi connectivity index (χ0) is 29.0. The lowest BCUT2D eigenvalue weighted by molar-refractivity contribution is 0.0599. The highest BCUT2D eigenvalue weighted by atomic mass is 32.2. The van der Waals surface area contributed by atoms with Crippen LogP contribution in [0, 0.1) is 6.92 Å². The summed E-state index contributed by atoms with van der Waals surface area (Å²) in [5, 5.41) is 0. The van der Waals surface area contributed by atoms with Crippen LogP contribution in [-0.4, -0.2) is 57.3 Å². The van der Waals surface area contributed by atoms with Gasteiger partial charge in [-0.2, -0.15) is 8.42 Å². The number of carbonyl (C=O) groups is 2. The summed E-state index contributed by atoms with van der Waals surface area (Å²) in [6, 6.07) is 16.7. The number of esters is 2. The standard InChI is InChI=1S/C22H18O7S.2O3S/c1-14-3-12-19(20(13-14)30(25,26)27)15-8-10-18(11-9-15)29-22(24)17-6-4-16(5-7-17)21(23)28-2;2*1-4(2)3/h3-13H,1-2H3,(H,25,26,27);;. The average molecular weight is 587 g/mol. The van der Waals surface area contributed by atoms with Crippen LogP contribution in [0.5, 0.6) is 5.75 Å². The minimum atomic E-state index is -4.40. The van der Waals surface area contributed by atoms with Gasteiger partial charge in [0, 0.05) is 5.56 Å². The number of ether oxygens (including phenoxy) is 2. The number of methoxy groups -OCH3 is 1. The van der Waals surface area contributed by atoms with E-state index in [4.69, 9.17) is 30.0 Å². The molecule has 13 nitrogen and oxygen atoms in total. The Balaban J connectivity index is 0.000000794. The molecule has 0 radical (unpaired) electrons. The Bertz CT molecular complexity index is 1580.